The Morgan fingerprint density at radius 3 is 2.41 bits per heavy atom. The van der Waals surface area contributed by atoms with Crippen molar-refractivity contribution in [2.45, 2.75) is 82.2 Å². The second-order valence-electron chi connectivity index (χ2n) is 9.28. The first-order valence-electron chi connectivity index (χ1n) is 10.9. The van der Waals surface area contributed by atoms with E-state index in [4.69, 9.17) is 18.9 Å². The van der Waals surface area contributed by atoms with Gasteiger partial charge >= 0.3 is 18.2 Å². The number of amides is 2. The third kappa shape index (κ3) is 5.75. The van der Waals surface area contributed by atoms with Crippen LogP contribution in [0.2, 0.25) is 0 Å². The van der Waals surface area contributed by atoms with Crippen LogP contribution in [0.3, 0.4) is 0 Å². The van der Waals surface area contributed by atoms with Crippen molar-refractivity contribution in [2.24, 2.45) is 0 Å². The zero-order valence-electron chi connectivity index (χ0n) is 20.0. The number of β-lactam (4-membered cyclic amide) rings is 1. The van der Waals surface area contributed by atoms with E-state index in [0.29, 0.717) is 0 Å². The van der Waals surface area contributed by atoms with Crippen LogP contribution in [0.15, 0.2) is 30.3 Å². The van der Waals surface area contributed by atoms with E-state index in [-0.39, 0.29) is 6.61 Å². The minimum Gasteiger partial charge on any atom is -0.445 e. The van der Waals surface area contributed by atoms with Crippen molar-refractivity contribution in [3.63, 3.8) is 0 Å². The Balaban J connectivity index is 1.59. The largest absolute Gasteiger partial charge is 0.511 e. The average Bonchev–Trinajstić information content (AvgIpc) is 2.97. The van der Waals surface area contributed by atoms with Gasteiger partial charge in [0.1, 0.15) is 24.1 Å². The quantitative estimate of drug-likeness (QED) is 0.264. The van der Waals surface area contributed by atoms with Crippen molar-refractivity contribution in [2.75, 3.05) is 0 Å². The average molecular weight is 495 g/mol. The summed E-state index contributed by atoms with van der Waals surface area (Å²) in [7, 11) is 0. The van der Waals surface area contributed by atoms with Crippen LogP contribution in [0.5, 0.6) is 0 Å². The minimum absolute atomic E-state index is 0.0733. The van der Waals surface area contributed by atoms with Crippen molar-refractivity contribution in [3.8, 4) is 0 Å². The van der Waals surface area contributed by atoms with Gasteiger partial charge in [0.25, 0.3) is 5.79 Å². The first-order chi connectivity index (χ1) is 15.8. The Morgan fingerprint density at radius 2 is 1.79 bits per heavy atom. The molecular weight excluding hydrogens is 464 g/mol. The van der Waals surface area contributed by atoms with Crippen LogP contribution < -0.4 is 5.32 Å². The van der Waals surface area contributed by atoms with Gasteiger partial charge in [0, 0.05) is 18.6 Å². The molecule has 2 heterocycles. The van der Waals surface area contributed by atoms with Gasteiger partial charge in [-0.15, -0.1) is 11.8 Å². The Kier molecular flexibility index (Phi) is 7.35. The lowest BCUT2D eigenvalue weighted by Crippen LogP contribution is -2.71. The molecule has 3 rings (SSSR count). The predicted molar refractivity (Wildman–Crippen MR) is 123 cm³/mol. The molecule has 2 aliphatic heterocycles. The van der Waals surface area contributed by atoms with E-state index in [9.17, 15) is 19.2 Å². The van der Waals surface area contributed by atoms with E-state index in [0.717, 1.165) is 5.56 Å². The monoisotopic (exact) mass is 494 g/mol. The van der Waals surface area contributed by atoms with Gasteiger partial charge in [0.05, 0.1) is 6.10 Å². The number of hydrogen-bond donors (Lipinski definition) is 1. The molecule has 10 nitrogen and oxygen atoms in total. The molecule has 0 unspecified atom stereocenters. The van der Waals surface area contributed by atoms with Crippen LogP contribution in [0.25, 0.3) is 0 Å². The van der Waals surface area contributed by atoms with Gasteiger partial charge in [-0.25, -0.2) is 14.4 Å². The number of fused-ring (bicyclic) bond motifs is 1. The maximum atomic E-state index is 13.0. The number of nitrogens with one attached hydrogen (secondary N) is 1. The summed E-state index contributed by atoms with van der Waals surface area (Å²) in [5.41, 5.74) is 0.820. The molecule has 186 valence electrons. The van der Waals surface area contributed by atoms with Crippen LogP contribution in [0.1, 0.15) is 47.1 Å². The molecule has 1 N–H and O–H groups in total. The van der Waals surface area contributed by atoms with E-state index < -0.39 is 58.2 Å². The number of ether oxygens (including phenoxy) is 4. The van der Waals surface area contributed by atoms with E-state index in [1.165, 1.54) is 30.5 Å². The molecular formula is C23H30N2O8S. The van der Waals surface area contributed by atoms with Crippen LogP contribution in [-0.4, -0.2) is 63.1 Å². The van der Waals surface area contributed by atoms with Gasteiger partial charge in [0.15, 0.2) is 0 Å². The summed E-state index contributed by atoms with van der Waals surface area (Å²) >= 11 is 1.37. The number of esters is 1. The number of benzene rings is 1. The van der Waals surface area contributed by atoms with E-state index in [2.05, 4.69) is 5.32 Å². The SMILES string of the molecule is CC(C)OC(=O)OC(C)(C)OC(=O)[C@@H]1N2C(=O)[C@@H](NC(=O)OCc3ccccc3)[C@H]2SC1(C)C. The van der Waals surface area contributed by atoms with Gasteiger partial charge < -0.3 is 29.2 Å². The molecule has 0 bridgehead atoms. The summed E-state index contributed by atoms with van der Waals surface area (Å²) in [6.07, 6.45) is -2.08. The predicted octanol–water partition coefficient (Wildman–Crippen LogP) is 3.18. The number of nitrogens with zero attached hydrogens (tertiary/aromatic N) is 1. The van der Waals surface area contributed by atoms with Crippen LogP contribution in [0.4, 0.5) is 9.59 Å². The summed E-state index contributed by atoms with van der Waals surface area (Å²) < 4.78 is 20.0. The molecule has 34 heavy (non-hydrogen) atoms. The van der Waals surface area contributed by atoms with Crippen LogP contribution >= 0.6 is 11.8 Å². The van der Waals surface area contributed by atoms with Crippen LogP contribution in [-0.2, 0) is 35.1 Å². The topological polar surface area (TPSA) is 120 Å². The van der Waals surface area contributed by atoms with Gasteiger partial charge in [-0.2, -0.15) is 0 Å². The summed E-state index contributed by atoms with van der Waals surface area (Å²) in [6, 6.07) is 7.41. The third-order valence-corrected chi connectivity index (χ3v) is 6.73. The highest BCUT2D eigenvalue weighted by Crippen LogP contribution is 2.51. The van der Waals surface area contributed by atoms with Crippen molar-refractivity contribution in [1.82, 2.24) is 10.2 Å². The number of thioether (sulfide) groups is 1. The summed E-state index contributed by atoms with van der Waals surface area (Å²) in [5, 5.41) is 2.13. The van der Waals surface area contributed by atoms with Crippen molar-refractivity contribution in [3.05, 3.63) is 35.9 Å². The number of alkyl carbamates (subject to hydrolysis) is 1. The van der Waals surface area contributed by atoms with Crippen molar-refractivity contribution < 1.29 is 38.1 Å². The fraction of sp³-hybridized carbons (Fsp3) is 0.565. The smallest absolute Gasteiger partial charge is 0.445 e. The zero-order valence-corrected chi connectivity index (χ0v) is 20.8. The first-order valence-corrected chi connectivity index (χ1v) is 11.8. The highest BCUT2D eigenvalue weighted by molar-refractivity contribution is 8.01. The second-order valence-corrected chi connectivity index (χ2v) is 11.1. The number of carbonyl (C=O) groups excluding carboxylic acids is 4. The number of hydrogen-bond acceptors (Lipinski definition) is 9. The molecule has 11 heteroatoms. The normalized spacial score (nSPS) is 23.0. The van der Waals surface area contributed by atoms with E-state index >= 15 is 0 Å². The fourth-order valence-corrected chi connectivity index (χ4v) is 5.38. The van der Waals surface area contributed by atoms with Gasteiger partial charge in [0.2, 0.25) is 5.91 Å². The Morgan fingerprint density at radius 1 is 1.15 bits per heavy atom. The third-order valence-electron chi connectivity index (χ3n) is 5.16. The molecule has 0 radical (unpaired) electrons. The molecule has 0 saturated carbocycles. The minimum atomic E-state index is -1.60. The van der Waals surface area contributed by atoms with E-state index in [1.807, 2.05) is 30.3 Å². The number of carbonyl (C=O) groups is 4. The summed E-state index contributed by atoms with van der Waals surface area (Å²) in [5.74, 6) is -2.74. The molecule has 2 fully saturated rings. The molecule has 0 aliphatic carbocycles. The maximum absolute atomic E-state index is 13.0. The Bertz CT molecular complexity index is 950. The van der Waals surface area contributed by atoms with Gasteiger partial charge in [-0.05, 0) is 33.3 Å². The first kappa shape index (κ1) is 25.7. The highest BCUT2D eigenvalue weighted by atomic mass is 32.2. The van der Waals surface area contributed by atoms with Crippen molar-refractivity contribution >= 4 is 35.9 Å². The molecule has 2 amide bonds. The number of rotatable bonds is 7. The Labute approximate surface area is 202 Å². The van der Waals surface area contributed by atoms with Crippen LogP contribution in [0, 0.1) is 0 Å². The standard InChI is InChI=1S/C23H30N2O8S/c1-13(2)31-21(29)33-23(5,6)32-19(27)16-22(3,4)34-18-15(17(26)25(16)18)24-20(28)30-12-14-10-8-7-9-11-14/h7-11,13,15-16,18H,12H2,1-6H3,(H,24,28)/t15-,16+,18-/m1/s1. The summed E-state index contributed by atoms with van der Waals surface area (Å²) in [6.45, 7) is 9.83. The zero-order chi connectivity index (χ0) is 25.3. The summed E-state index contributed by atoms with van der Waals surface area (Å²) in [4.78, 5) is 51.3. The molecule has 0 aromatic heterocycles. The van der Waals surface area contributed by atoms with Crippen molar-refractivity contribution in [1.29, 1.82) is 0 Å². The lowest BCUT2D eigenvalue weighted by molar-refractivity contribution is -0.209. The van der Waals surface area contributed by atoms with E-state index in [1.54, 1.807) is 27.7 Å². The molecule has 2 saturated heterocycles. The molecule has 0 spiro atoms. The molecule has 1 aromatic rings. The lowest BCUT2D eigenvalue weighted by Gasteiger charge is -2.44. The molecule has 3 atom stereocenters. The molecule has 2 aliphatic rings. The van der Waals surface area contributed by atoms with Gasteiger partial charge in [-0.1, -0.05) is 30.3 Å². The lowest BCUT2D eigenvalue weighted by atomic mass is 9.96. The highest BCUT2D eigenvalue weighted by Gasteiger charge is 2.65. The molecule has 1 aromatic carbocycles. The second kappa shape index (κ2) is 9.73. The maximum Gasteiger partial charge on any atom is 0.511 e. The fourth-order valence-electron chi connectivity index (χ4n) is 3.75. The Hall–Kier alpha value is -2.95. The van der Waals surface area contributed by atoms with Gasteiger partial charge in [-0.3, -0.25) is 4.79 Å².